The van der Waals surface area contributed by atoms with Crippen LogP contribution < -0.4 is 9.80 Å². The number of thiazole rings is 1. The molecule has 2 aliphatic heterocycles. The van der Waals surface area contributed by atoms with Gasteiger partial charge in [0.05, 0.1) is 37.0 Å². The molecule has 0 N–H and O–H groups in total. The van der Waals surface area contributed by atoms with E-state index in [0.717, 1.165) is 86.8 Å². The Morgan fingerprint density at radius 3 is 2.41 bits per heavy atom. The third-order valence-corrected chi connectivity index (χ3v) is 7.92. The predicted molar refractivity (Wildman–Crippen MR) is 138 cm³/mol. The molecule has 0 spiro atoms. The summed E-state index contributed by atoms with van der Waals surface area (Å²) in [5.41, 5.74) is 3.18. The van der Waals surface area contributed by atoms with E-state index >= 15 is 0 Å². The summed E-state index contributed by atoms with van der Waals surface area (Å²) in [6, 6.07) is 12.3. The van der Waals surface area contributed by atoms with Crippen LogP contribution in [-0.4, -0.2) is 81.5 Å². The molecule has 7 nitrogen and oxygen atoms in total. The highest BCUT2D eigenvalue weighted by molar-refractivity contribution is 7.14. The van der Waals surface area contributed by atoms with Crippen LogP contribution in [0.3, 0.4) is 0 Å². The molecule has 1 aromatic carbocycles. The molecule has 0 unspecified atom stereocenters. The number of carbonyl (C=O) groups excluding carboxylic acids is 1. The second-order valence-electron chi connectivity index (χ2n) is 8.40. The third-order valence-electron chi connectivity index (χ3n) is 6.20. The van der Waals surface area contributed by atoms with Crippen LogP contribution in [0.25, 0.3) is 11.3 Å². The number of anilines is 2. The molecule has 2 aliphatic rings. The number of benzene rings is 1. The van der Waals surface area contributed by atoms with Crippen molar-refractivity contribution >= 4 is 39.4 Å². The molecular formula is C25H30N4O3S2. The highest BCUT2D eigenvalue weighted by atomic mass is 32.1. The van der Waals surface area contributed by atoms with Crippen molar-refractivity contribution in [2.45, 2.75) is 6.42 Å². The summed E-state index contributed by atoms with van der Waals surface area (Å²) in [5, 5.41) is 4.76. The molecule has 9 heteroatoms. The van der Waals surface area contributed by atoms with Gasteiger partial charge in [0.1, 0.15) is 0 Å². The fraction of sp³-hybridized carbons (Fsp3) is 0.440. The standard InChI is InChI=1S/C25H30N4O3S2/c30-24(23-3-1-18-33-23)29(9-2-8-27-10-14-31-15-11-27)25-26-22(19-34-25)20-4-6-21(7-5-20)28-12-16-32-17-13-28/h1,3-7,18-19H,2,8-17H2. The molecule has 34 heavy (non-hydrogen) atoms. The van der Waals surface area contributed by atoms with Crippen LogP contribution in [0, 0.1) is 0 Å². The molecule has 2 fully saturated rings. The number of amides is 1. The van der Waals surface area contributed by atoms with Gasteiger partial charge in [-0.2, -0.15) is 0 Å². The van der Waals surface area contributed by atoms with Crippen molar-refractivity contribution in [3.05, 3.63) is 52.0 Å². The Balaban J connectivity index is 1.29. The van der Waals surface area contributed by atoms with Crippen LogP contribution in [-0.2, 0) is 9.47 Å². The maximum absolute atomic E-state index is 13.3. The lowest BCUT2D eigenvalue weighted by molar-refractivity contribution is 0.0376. The lowest BCUT2D eigenvalue weighted by Gasteiger charge is -2.28. The molecule has 3 aromatic rings. The van der Waals surface area contributed by atoms with E-state index in [1.807, 2.05) is 22.4 Å². The minimum Gasteiger partial charge on any atom is -0.379 e. The van der Waals surface area contributed by atoms with E-state index in [9.17, 15) is 4.79 Å². The highest BCUT2D eigenvalue weighted by Crippen LogP contribution is 2.30. The van der Waals surface area contributed by atoms with Gasteiger partial charge in [0, 0.05) is 55.9 Å². The van der Waals surface area contributed by atoms with Gasteiger partial charge < -0.3 is 14.4 Å². The quantitative estimate of drug-likeness (QED) is 0.467. The smallest absolute Gasteiger partial charge is 0.270 e. The molecule has 180 valence electrons. The Morgan fingerprint density at radius 2 is 1.71 bits per heavy atom. The van der Waals surface area contributed by atoms with Crippen LogP contribution in [0.2, 0.25) is 0 Å². The van der Waals surface area contributed by atoms with E-state index in [4.69, 9.17) is 14.5 Å². The average Bonchev–Trinajstić information content (AvgIpc) is 3.61. The Morgan fingerprint density at radius 1 is 0.971 bits per heavy atom. The Kier molecular flexibility index (Phi) is 7.87. The first-order valence-corrected chi connectivity index (χ1v) is 13.6. The van der Waals surface area contributed by atoms with Gasteiger partial charge in [-0.3, -0.25) is 14.6 Å². The topological polar surface area (TPSA) is 58.1 Å². The van der Waals surface area contributed by atoms with Gasteiger partial charge in [-0.05, 0) is 30.0 Å². The molecule has 0 radical (unpaired) electrons. The number of morpholine rings is 2. The highest BCUT2D eigenvalue weighted by Gasteiger charge is 2.22. The number of thiophene rings is 1. The summed E-state index contributed by atoms with van der Waals surface area (Å²) in [7, 11) is 0. The van der Waals surface area contributed by atoms with E-state index in [1.165, 1.54) is 28.4 Å². The Hall–Kier alpha value is -2.30. The zero-order chi connectivity index (χ0) is 23.2. The third kappa shape index (κ3) is 5.67. The van der Waals surface area contributed by atoms with Crippen molar-refractivity contribution in [3.63, 3.8) is 0 Å². The van der Waals surface area contributed by atoms with Crippen LogP contribution >= 0.6 is 22.7 Å². The summed E-state index contributed by atoms with van der Waals surface area (Å²) in [6.45, 7) is 8.50. The van der Waals surface area contributed by atoms with Crippen molar-refractivity contribution in [1.29, 1.82) is 0 Å². The maximum atomic E-state index is 13.3. The summed E-state index contributed by atoms with van der Waals surface area (Å²) in [6.07, 6.45) is 0.903. The van der Waals surface area contributed by atoms with Crippen molar-refractivity contribution in [2.75, 3.05) is 75.5 Å². The van der Waals surface area contributed by atoms with Gasteiger partial charge in [-0.1, -0.05) is 18.2 Å². The van der Waals surface area contributed by atoms with Gasteiger partial charge in [0.15, 0.2) is 5.13 Å². The van der Waals surface area contributed by atoms with Crippen molar-refractivity contribution < 1.29 is 14.3 Å². The summed E-state index contributed by atoms with van der Waals surface area (Å²) in [5.74, 6) is 0.0283. The molecular weight excluding hydrogens is 468 g/mol. The zero-order valence-electron chi connectivity index (χ0n) is 19.2. The van der Waals surface area contributed by atoms with Crippen LogP contribution in [0.1, 0.15) is 16.1 Å². The fourth-order valence-electron chi connectivity index (χ4n) is 4.28. The maximum Gasteiger partial charge on any atom is 0.270 e. The first-order chi connectivity index (χ1) is 16.8. The second kappa shape index (κ2) is 11.4. The predicted octanol–water partition coefficient (Wildman–Crippen LogP) is 4.08. The molecule has 0 saturated carbocycles. The average molecular weight is 499 g/mol. The monoisotopic (exact) mass is 498 g/mol. The molecule has 4 heterocycles. The summed E-state index contributed by atoms with van der Waals surface area (Å²) < 4.78 is 10.9. The van der Waals surface area contributed by atoms with Gasteiger partial charge in [-0.25, -0.2) is 4.98 Å². The molecule has 0 atom stereocenters. The first-order valence-electron chi connectivity index (χ1n) is 11.8. The summed E-state index contributed by atoms with van der Waals surface area (Å²) >= 11 is 3.01. The van der Waals surface area contributed by atoms with Crippen LogP contribution in [0.4, 0.5) is 10.8 Å². The van der Waals surface area contributed by atoms with Gasteiger partial charge >= 0.3 is 0 Å². The molecule has 2 saturated heterocycles. The van der Waals surface area contributed by atoms with E-state index in [-0.39, 0.29) is 5.91 Å². The minimum atomic E-state index is 0.0283. The molecule has 5 rings (SSSR count). The van der Waals surface area contributed by atoms with Crippen molar-refractivity contribution in [3.8, 4) is 11.3 Å². The Bertz CT molecular complexity index is 1040. The van der Waals surface area contributed by atoms with Gasteiger partial charge in [0.2, 0.25) is 0 Å². The molecule has 0 bridgehead atoms. The van der Waals surface area contributed by atoms with Gasteiger partial charge in [0.25, 0.3) is 5.91 Å². The van der Waals surface area contributed by atoms with Gasteiger partial charge in [-0.15, -0.1) is 22.7 Å². The van der Waals surface area contributed by atoms with Crippen LogP contribution in [0.5, 0.6) is 0 Å². The van der Waals surface area contributed by atoms with E-state index < -0.39 is 0 Å². The van der Waals surface area contributed by atoms with E-state index in [1.54, 1.807) is 0 Å². The number of rotatable bonds is 8. The summed E-state index contributed by atoms with van der Waals surface area (Å²) in [4.78, 5) is 25.5. The SMILES string of the molecule is O=C(c1cccs1)N(CCCN1CCOCC1)c1nc(-c2ccc(N3CCOCC3)cc2)cs1. The Labute approximate surface area is 208 Å². The van der Waals surface area contributed by atoms with Crippen molar-refractivity contribution in [1.82, 2.24) is 9.88 Å². The largest absolute Gasteiger partial charge is 0.379 e. The number of aromatic nitrogens is 1. The molecule has 1 amide bonds. The van der Waals surface area contributed by atoms with E-state index in [0.29, 0.717) is 6.54 Å². The number of ether oxygens (including phenoxy) is 2. The van der Waals surface area contributed by atoms with Crippen LogP contribution in [0.15, 0.2) is 47.2 Å². The number of hydrogen-bond acceptors (Lipinski definition) is 8. The minimum absolute atomic E-state index is 0.0283. The lowest BCUT2D eigenvalue weighted by Crippen LogP contribution is -2.39. The number of hydrogen-bond donors (Lipinski definition) is 0. The second-order valence-corrected chi connectivity index (χ2v) is 10.2. The normalized spacial score (nSPS) is 17.1. The van der Waals surface area contributed by atoms with Crippen molar-refractivity contribution in [2.24, 2.45) is 0 Å². The van der Waals surface area contributed by atoms with E-state index in [2.05, 4.69) is 39.4 Å². The number of carbonyl (C=O) groups is 1. The molecule has 0 aliphatic carbocycles. The zero-order valence-corrected chi connectivity index (χ0v) is 20.9. The molecule has 2 aromatic heterocycles. The number of nitrogens with zero attached hydrogens (tertiary/aromatic N) is 4. The fourth-order valence-corrected chi connectivity index (χ4v) is 5.81. The lowest BCUT2D eigenvalue weighted by atomic mass is 10.1. The first kappa shape index (κ1) is 23.4.